The van der Waals surface area contributed by atoms with Crippen molar-refractivity contribution in [3.63, 3.8) is 0 Å². The van der Waals surface area contributed by atoms with E-state index in [9.17, 15) is 14.0 Å². The number of rotatable bonds is 5. The molecule has 2 aromatic carbocycles. The van der Waals surface area contributed by atoms with E-state index >= 15 is 0 Å². The maximum Gasteiger partial charge on any atom is 0.278 e. The van der Waals surface area contributed by atoms with Crippen molar-refractivity contribution >= 4 is 5.69 Å². The molecule has 0 saturated heterocycles. The quantitative estimate of drug-likeness (QED) is 0.904. The van der Waals surface area contributed by atoms with Crippen LogP contribution in [0, 0.1) is 18.3 Å². The maximum absolute atomic E-state index is 13.7. The number of hydrogen-bond acceptors (Lipinski definition) is 3. The fourth-order valence-electron chi connectivity index (χ4n) is 2.11. The summed E-state index contributed by atoms with van der Waals surface area (Å²) in [5, 5.41) is 12.1. The summed E-state index contributed by atoms with van der Waals surface area (Å²) >= 11 is 0. The Kier molecular flexibility index (Phi) is 4.62. The van der Waals surface area contributed by atoms with E-state index in [2.05, 4.69) is 5.32 Å². The van der Waals surface area contributed by atoms with Crippen LogP contribution in [-0.2, 0) is 5.54 Å². The largest absolute Gasteiger partial charge is 0.497 e. The molecular weight excluding hydrogens is 286 g/mol. The Morgan fingerprint density at radius 2 is 1.68 bits per heavy atom. The van der Waals surface area contributed by atoms with Gasteiger partial charge in [0, 0.05) is 5.69 Å². The Morgan fingerprint density at radius 3 is 2.14 bits per heavy atom. The molecule has 0 fully saturated rings. The highest BCUT2D eigenvalue weighted by Crippen LogP contribution is 2.33. The van der Waals surface area contributed by atoms with Gasteiger partial charge in [0.25, 0.3) is 6.43 Å². The van der Waals surface area contributed by atoms with Gasteiger partial charge in [-0.1, -0.05) is 29.8 Å². The first kappa shape index (κ1) is 15.8. The SMILES string of the molecule is COc1ccc(NC(C#N)(c2ccc(C)cc2)C(F)F)cc1. The van der Waals surface area contributed by atoms with Gasteiger partial charge in [-0.2, -0.15) is 5.26 Å². The second-order valence-electron chi connectivity index (χ2n) is 4.94. The molecule has 0 radical (unpaired) electrons. The summed E-state index contributed by atoms with van der Waals surface area (Å²) < 4.78 is 32.4. The Balaban J connectivity index is 2.41. The van der Waals surface area contributed by atoms with E-state index < -0.39 is 12.0 Å². The average Bonchev–Trinajstić information content (AvgIpc) is 2.54. The standard InChI is InChI=1S/C17H16F2N2O/c1-12-3-5-13(6-4-12)17(11-20,16(18)19)21-14-7-9-15(22-2)10-8-14/h3-10,16,21H,1-2H3. The van der Waals surface area contributed by atoms with Crippen LogP contribution in [0.15, 0.2) is 48.5 Å². The number of anilines is 1. The smallest absolute Gasteiger partial charge is 0.278 e. The number of hydrogen-bond donors (Lipinski definition) is 1. The highest BCUT2D eigenvalue weighted by Gasteiger charge is 2.42. The molecule has 1 atom stereocenters. The van der Waals surface area contributed by atoms with Crippen molar-refractivity contribution in [1.82, 2.24) is 0 Å². The number of halogens is 2. The zero-order valence-corrected chi connectivity index (χ0v) is 12.3. The van der Waals surface area contributed by atoms with E-state index in [0.717, 1.165) is 5.56 Å². The van der Waals surface area contributed by atoms with Crippen LogP contribution in [-0.4, -0.2) is 13.5 Å². The lowest BCUT2D eigenvalue weighted by molar-refractivity contribution is 0.0928. The first-order chi connectivity index (χ1) is 10.5. The summed E-state index contributed by atoms with van der Waals surface area (Å²) in [4.78, 5) is 0. The van der Waals surface area contributed by atoms with Crippen molar-refractivity contribution < 1.29 is 13.5 Å². The molecule has 0 spiro atoms. The van der Waals surface area contributed by atoms with Crippen LogP contribution in [0.3, 0.4) is 0 Å². The lowest BCUT2D eigenvalue weighted by Crippen LogP contribution is -2.41. The highest BCUT2D eigenvalue weighted by atomic mass is 19.3. The predicted molar refractivity (Wildman–Crippen MR) is 81.1 cm³/mol. The van der Waals surface area contributed by atoms with Gasteiger partial charge in [0.1, 0.15) is 11.8 Å². The van der Waals surface area contributed by atoms with Gasteiger partial charge in [-0.3, -0.25) is 0 Å². The van der Waals surface area contributed by atoms with Crippen LogP contribution in [0.4, 0.5) is 14.5 Å². The number of alkyl halides is 2. The van der Waals surface area contributed by atoms with Gasteiger partial charge in [-0.05, 0) is 36.8 Å². The topological polar surface area (TPSA) is 45.0 Å². The first-order valence-electron chi connectivity index (χ1n) is 6.70. The molecule has 0 bridgehead atoms. The van der Waals surface area contributed by atoms with Gasteiger partial charge in [0.05, 0.1) is 7.11 Å². The lowest BCUT2D eigenvalue weighted by Gasteiger charge is -2.28. The fourth-order valence-corrected chi connectivity index (χ4v) is 2.11. The van der Waals surface area contributed by atoms with E-state index in [4.69, 9.17) is 4.74 Å². The molecule has 114 valence electrons. The van der Waals surface area contributed by atoms with Gasteiger partial charge >= 0.3 is 0 Å². The molecule has 0 aliphatic rings. The molecule has 0 saturated carbocycles. The molecular formula is C17H16F2N2O. The van der Waals surface area contributed by atoms with Crippen molar-refractivity contribution in [2.75, 3.05) is 12.4 Å². The number of methoxy groups -OCH3 is 1. The molecule has 0 heterocycles. The third-order valence-electron chi connectivity index (χ3n) is 3.44. The molecule has 2 rings (SSSR count). The third kappa shape index (κ3) is 3.01. The van der Waals surface area contributed by atoms with Crippen LogP contribution in [0.5, 0.6) is 5.75 Å². The van der Waals surface area contributed by atoms with E-state index in [1.807, 2.05) is 6.92 Å². The maximum atomic E-state index is 13.7. The summed E-state index contributed by atoms with van der Waals surface area (Å²) in [6, 6.07) is 14.7. The van der Waals surface area contributed by atoms with Crippen molar-refractivity contribution in [3.8, 4) is 11.8 Å². The summed E-state index contributed by atoms with van der Waals surface area (Å²) in [5.74, 6) is 0.612. The van der Waals surface area contributed by atoms with Crippen LogP contribution < -0.4 is 10.1 Å². The predicted octanol–water partition coefficient (Wildman–Crippen LogP) is 4.10. The molecule has 3 nitrogen and oxygen atoms in total. The Labute approximate surface area is 128 Å². The van der Waals surface area contributed by atoms with Crippen LogP contribution in [0.1, 0.15) is 11.1 Å². The van der Waals surface area contributed by atoms with Gasteiger partial charge in [-0.25, -0.2) is 8.78 Å². The molecule has 22 heavy (non-hydrogen) atoms. The van der Waals surface area contributed by atoms with Gasteiger partial charge < -0.3 is 10.1 Å². The van der Waals surface area contributed by atoms with Crippen molar-refractivity contribution in [2.24, 2.45) is 0 Å². The summed E-state index contributed by atoms with van der Waals surface area (Å²) in [6.45, 7) is 1.86. The van der Waals surface area contributed by atoms with Gasteiger partial charge in [0.15, 0.2) is 0 Å². The van der Waals surface area contributed by atoms with Crippen LogP contribution in [0.2, 0.25) is 0 Å². The van der Waals surface area contributed by atoms with Crippen LogP contribution in [0.25, 0.3) is 0 Å². The monoisotopic (exact) mass is 302 g/mol. The molecule has 1 unspecified atom stereocenters. The Morgan fingerprint density at radius 1 is 1.09 bits per heavy atom. The highest BCUT2D eigenvalue weighted by molar-refractivity contribution is 5.53. The minimum absolute atomic E-state index is 0.228. The molecule has 1 N–H and O–H groups in total. The van der Waals surface area contributed by atoms with Crippen molar-refractivity contribution in [1.29, 1.82) is 5.26 Å². The molecule has 0 aromatic heterocycles. The van der Waals surface area contributed by atoms with Gasteiger partial charge in [0.2, 0.25) is 5.54 Å². The lowest BCUT2D eigenvalue weighted by atomic mass is 9.90. The van der Waals surface area contributed by atoms with E-state index in [-0.39, 0.29) is 5.56 Å². The van der Waals surface area contributed by atoms with Crippen molar-refractivity contribution in [3.05, 3.63) is 59.7 Å². The first-order valence-corrected chi connectivity index (χ1v) is 6.70. The summed E-state index contributed by atoms with van der Waals surface area (Å²) in [6.07, 6.45) is -2.89. The van der Waals surface area contributed by atoms with Gasteiger partial charge in [-0.15, -0.1) is 0 Å². The second-order valence-corrected chi connectivity index (χ2v) is 4.94. The average molecular weight is 302 g/mol. The number of ether oxygens (including phenoxy) is 1. The minimum atomic E-state index is -2.89. The number of aryl methyl sites for hydroxylation is 1. The normalized spacial score (nSPS) is 13.3. The molecule has 2 aromatic rings. The fraction of sp³-hybridized carbons (Fsp3) is 0.235. The Bertz CT molecular complexity index is 663. The summed E-state index contributed by atoms with van der Waals surface area (Å²) in [7, 11) is 1.52. The zero-order chi connectivity index (χ0) is 16.2. The number of benzene rings is 2. The second kappa shape index (κ2) is 6.44. The van der Waals surface area contributed by atoms with Crippen LogP contribution >= 0.6 is 0 Å². The third-order valence-corrected chi connectivity index (χ3v) is 3.44. The molecule has 5 heteroatoms. The van der Waals surface area contributed by atoms with E-state index in [1.54, 1.807) is 54.6 Å². The van der Waals surface area contributed by atoms with Crippen molar-refractivity contribution in [2.45, 2.75) is 18.9 Å². The Hall–Kier alpha value is -2.61. The number of nitrogens with one attached hydrogen (secondary N) is 1. The molecule has 0 aliphatic heterocycles. The van der Waals surface area contributed by atoms with E-state index in [0.29, 0.717) is 11.4 Å². The number of nitrogens with zero attached hydrogens (tertiary/aromatic N) is 1. The van der Waals surface area contributed by atoms with E-state index in [1.165, 1.54) is 7.11 Å². The molecule has 0 amide bonds. The molecule has 0 aliphatic carbocycles. The zero-order valence-electron chi connectivity index (χ0n) is 12.3. The number of nitriles is 1. The minimum Gasteiger partial charge on any atom is -0.497 e. The summed E-state index contributed by atoms with van der Waals surface area (Å²) in [5.41, 5.74) is -0.508.